The molecule has 0 saturated carbocycles. The highest BCUT2D eigenvalue weighted by molar-refractivity contribution is 5.79. The number of piperidine rings is 1. The van der Waals surface area contributed by atoms with E-state index in [4.69, 9.17) is 9.47 Å². The fourth-order valence-electron chi connectivity index (χ4n) is 2.59. The first-order valence-corrected chi connectivity index (χ1v) is 6.72. The normalized spacial score (nSPS) is 18.9. The van der Waals surface area contributed by atoms with E-state index in [1.54, 1.807) is 20.3 Å². The molecule has 1 heterocycles. The van der Waals surface area contributed by atoms with Crippen LogP contribution >= 0.6 is 0 Å². The number of methoxy groups -OCH3 is 2. The van der Waals surface area contributed by atoms with Crippen molar-refractivity contribution in [3.63, 3.8) is 0 Å². The average Bonchev–Trinajstić information content (AvgIpc) is 2.47. The Kier molecular flexibility index (Phi) is 4.80. The van der Waals surface area contributed by atoms with Crippen LogP contribution in [0.25, 0.3) is 0 Å². The number of carbonyl (C=O) groups is 1. The predicted octanol–water partition coefficient (Wildman–Crippen LogP) is 2.20. The second kappa shape index (κ2) is 6.57. The van der Waals surface area contributed by atoms with Crippen LogP contribution in [-0.4, -0.2) is 33.1 Å². The minimum absolute atomic E-state index is 0.450. The van der Waals surface area contributed by atoms with Gasteiger partial charge in [0.25, 0.3) is 0 Å². The highest BCUT2D eigenvalue weighted by Gasteiger charge is 2.17. The lowest BCUT2D eigenvalue weighted by molar-refractivity contribution is 0.112. The Bertz CT molecular complexity index is 439. The van der Waals surface area contributed by atoms with E-state index >= 15 is 0 Å². The van der Waals surface area contributed by atoms with Gasteiger partial charge in [0.05, 0.1) is 14.2 Å². The monoisotopic (exact) mass is 263 g/mol. The number of hydrogen-bond donors (Lipinski definition) is 1. The van der Waals surface area contributed by atoms with Crippen molar-refractivity contribution < 1.29 is 14.3 Å². The lowest BCUT2D eigenvalue weighted by Crippen LogP contribution is -2.35. The van der Waals surface area contributed by atoms with Crippen molar-refractivity contribution >= 4 is 6.29 Å². The van der Waals surface area contributed by atoms with Crippen molar-refractivity contribution in [3.8, 4) is 11.5 Å². The second-order valence-electron chi connectivity index (χ2n) is 4.87. The number of nitrogens with one attached hydrogen (secondary N) is 1. The van der Waals surface area contributed by atoms with Gasteiger partial charge in [0.2, 0.25) is 0 Å². The van der Waals surface area contributed by atoms with E-state index in [1.807, 2.05) is 6.07 Å². The number of carbonyl (C=O) groups excluding carboxylic acids is 1. The zero-order chi connectivity index (χ0) is 13.7. The third kappa shape index (κ3) is 3.26. The summed E-state index contributed by atoms with van der Waals surface area (Å²) in [6, 6.07) is 4.12. The lowest BCUT2D eigenvalue weighted by atomic mass is 9.95. The van der Waals surface area contributed by atoms with Gasteiger partial charge < -0.3 is 14.8 Å². The molecule has 4 nitrogen and oxygen atoms in total. The topological polar surface area (TPSA) is 47.6 Å². The zero-order valence-corrected chi connectivity index (χ0v) is 11.6. The minimum atomic E-state index is 0.450. The van der Waals surface area contributed by atoms with Gasteiger partial charge in [-0.2, -0.15) is 0 Å². The molecule has 19 heavy (non-hydrogen) atoms. The van der Waals surface area contributed by atoms with Crippen molar-refractivity contribution in [1.82, 2.24) is 5.32 Å². The van der Waals surface area contributed by atoms with Crippen LogP contribution < -0.4 is 14.8 Å². The largest absolute Gasteiger partial charge is 0.493 e. The summed E-state index contributed by atoms with van der Waals surface area (Å²) in [5.74, 6) is 1.28. The Labute approximate surface area is 114 Å². The lowest BCUT2D eigenvalue weighted by Gasteiger charge is -2.24. The first kappa shape index (κ1) is 13.9. The first-order valence-electron chi connectivity index (χ1n) is 6.72. The van der Waals surface area contributed by atoms with Crippen molar-refractivity contribution in [2.75, 3.05) is 20.8 Å². The van der Waals surface area contributed by atoms with Gasteiger partial charge in [-0.05, 0) is 43.5 Å². The molecule has 1 N–H and O–H groups in total. The molecule has 0 spiro atoms. The summed E-state index contributed by atoms with van der Waals surface area (Å²) in [5, 5.41) is 3.50. The van der Waals surface area contributed by atoms with Gasteiger partial charge in [0.15, 0.2) is 11.5 Å². The quantitative estimate of drug-likeness (QED) is 0.827. The van der Waals surface area contributed by atoms with Crippen LogP contribution in [0.5, 0.6) is 11.5 Å². The summed E-state index contributed by atoms with van der Waals surface area (Å²) in [7, 11) is 3.19. The highest BCUT2D eigenvalue weighted by Crippen LogP contribution is 2.31. The van der Waals surface area contributed by atoms with Gasteiger partial charge in [0.1, 0.15) is 6.29 Å². The number of aldehydes is 1. The van der Waals surface area contributed by atoms with Crippen LogP contribution in [0, 0.1) is 0 Å². The molecule has 1 atom stereocenters. The molecule has 4 heteroatoms. The molecule has 1 aliphatic rings. The van der Waals surface area contributed by atoms with Gasteiger partial charge >= 0.3 is 0 Å². The fourth-order valence-corrected chi connectivity index (χ4v) is 2.59. The molecular weight excluding hydrogens is 242 g/mol. The van der Waals surface area contributed by atoms with Crippen LogP contribution in [-0.2, 0) is 6.42 Å². The molecule has 0 amide bonds. The third-order valence-electron chi connectivity index (χ3n) is 3.65. The van der Waals surface area contributed by atoms with E-state index in [1.165, 1.54) is 12.8 Å². The predicted molar refractivity (Wildman–Crippen MR) is 74.3 cm³/mol. The van der Waals surface area contributed by atoms with Gasteiger partial charge in [-0.15, -0.1) is 0 Å². The third-order valence-corrected chi connectivity index (χ3v) is 3.65. The van der Waals surface area contributed by atoms with E-state index in [0.717, 1.165) is 31.2 Å². The molecular formula is C15H21NO3. The maximum Gasteiger partial charge on any atom is 0.161 e. The van der Waals surface area contributed by atoms with Crippen molar-refractivity contribution in [1.29, 1.82) is 0 Å². The summed E-state index contributed by atoms with van der Waals surface area (Å²) < 4.78 is 10.5. The van der Waals surface area contributed by atoms with Crippen LogP contribution in [0.1, 0.15) is 35.2 Å². The molecule has 1 aromatic rings. The van der Waals surface area contributed by atoms with Crippen LogP contribution in [0.2, 0.25) is 0 Å². The Morgan fingerprint density at radius 3 is 2.58 bits per heavy atom. The molecule has 0 bridgehead atoms. The summed E-state index contributed by atoms with van der Waals surface area (Å²) in [6.07, 6.45) is 5.39. The molecule has 104 valence electrons. The molecule has 1 aliphatic heterocycles. The maximum absolute atomic E-state index is 11.2. The maximum atomic E-state index is 11.2. The van der Waals surface area contributed by atoms with Crippen LogP contribution in [0.15, 0.2) is 12.1 Å². The van der Waals surface area contributed by atoms with E-state index in [0.29, 0.717) is 23.1 Å². The standard InChI is InChI=1S/C15H21NO3/c1-18-14-8-11(7-13-5-3-4-6-16-13)12(10-17)9-15(14)19-2/h8-10,13,16H,3-7H2,1-2H3. The molecule has 2 rings (SSSR count). The van der Waals surface area contributed by atoms with E-state index in [-0.39, 0.29) is 0 Å². The SMILES string of the molecule is COc1cc(C=O)c(CC2CCCCN2)cc1OC. The Hall–Kier alpha value is -1.55. The summed E-state index contributed by atoms with van der Waals surface area (Å²) in [4.78, 5) is 11.2. The molecule has 1 fully saturated rings. The van der Waals surface area contributed by atoms with Gasteiger partial charge in [-0.25, -0.2) is 0 Å². The van der Waals surface area contributed by atoms with E-state index in [2.05, 4.69) is 5.32 Å². The van der Waals surface area contributed by atoms with Crippen molar-refractivity contribution in [2.24, 2.45) is 0 Å². The number of hydrogen-bond acceptors (Lipinski definition) is 4. The Morgan fingerprint density at radius 2 is 2.00 bits per heavy atom. The van der Waals surface area contributed by atoms with Gasteiger partial charge in [-0.3, -0.25) is 4.79 Å². The Balaban J connectivity index is 2.24. The van der Waals surface area contributed by atoms with Crippen molar-refractivity contribution in [2.45, 2.75) is 31.7 Å². The van der Waals surface area contributed by atoms with Crippen LogP contribution in [0.4, 0.5) is 0 Å². The summed E-state index contributed by atoms with van der Waals surface area (Å²) in [5.41, 5.74) is 1.71. The number of ether oxygens (including phenoxy) is 2. The van der Waals surface area contributed by atoms with Gasteiger partial charge in [0, 0.05) is 11.6 Å². The Morgan fingerprint density at radius 1 is 1.26 bits per heavy atom. The molecule has 0 radical (unpaired) electrons. The summed E-state index contributed by atoms with van der Waals surface area (Å²) in [6.45, 7) is 1.06. The molecule has 1 aromatic carbocycles. The molecule has 1 saturated heterocycles. The summed E-state index contributed by atoms with van der Waals surface area (Å²) >= 11 is 0. The average molecular weight is 263 g/mol. The molecule has 0 aliphatic carbocycles. The number of rotatable bonds is 5. The molecule has 0 aromatic heterocycles. The molecule has 1 unspecified atom stereocenters. The zero-order valence-electron chi connectivity index (χ0n) is 11.6. The van der Waals surface area contributed by atoms with E-state index < -0.39 is 0 Å². The van der Waals surface area contributed by atoms with Gasteiger partial charge in [-0.1, -0.05) is 6.42 Å². The van der Waals surface area contributed by atoms with Crippen LogP contribution in [0.3, 0.4) is 0 Å². The highest BCUT2D eigenvalue weighted by atomic mass is 16.5. The second-order valence-corrected chi connectivity index (χ2v) is 4.87. The number of benzene rings is 1. The first-order chi connectivity index (χ1) is 9.28. The smallest absolute Gasteiger partial charge is 0.161 e. The minimum Gasteiger partial charge on any atom is -0.493 e. The van der Waals surface area contributed by atoms with E-state index in [9.17, 15) is 4.79 Å². The van der Waals surface area contributed by atoms with Crippen molar-refractivity contribution in [3.05, 3.63) is 23.3 Å². The fraction of sp³-hybridized carbons (Fsp3) is 0.533.